The van der Waals surface area contributed by atoms with Gasteiger partial charge in [-0.05, 0) is 18.0 Å². The molecule has 1 rings (SSSR count). The van der Waals surface area contributed by atoms with E-state index in [0.29, 0.717) is 22.7 Å². The highest BCUT2D eigenvalue weighted by molar-refractivity contribution is 7.11. The van der Waals surface area contributed by atoms with Crippen LogP contribution in [0, 0.1) is 0 Å². The molecule has 0 unspecified atom stereocenters. The molecule has 0 aliphatic rings. The number of anilines is 1. The smallest absolute Gasteiger partial charge is 0.253 e. The van der Waals surface area contributed by atoms with Crippen molar-refractivity contribution < 1.29 is 9.59 Å². The lowest BCUT2D eigenvalue weighted by Crippen LogP contribution is -2.16. The minimum atomic E-state index is -0.556. The van der Waals surface area contributed by atoms with Crippen molar-refractivity contribution in [2.75, 3.05) is 5.32 Å². The van der Waals surface area contributed by atoms with Gasteiger partial charge in [-0.1, -0.05) is 6.92 Å². The van der Waals surface area contributed by atoms with Crippen molar-refractivity contribution in [3.05, 3.63) is 11.3 Å². The van der Waals surface area contributed by atoms with Crippen LogP contribution >= 0.6 is 11.5 Å². The summed E-state index contributed by atoms with van der Waals surface area (Å²) >= 11 is 1.07. The third kappa shape index (κ3) is 2.08. The molecule has 0 aliphatic carbocycles. The number of amides is 2. The third-order valence-corrected chi connectivity index (χ3v) is 2.43. The van der Waals surface area contributed by atoms with Crippen molar-refractivity contribution in [2.24, 2.45) is 5.73 Å². The number of nitrogens with two attached hydrogens (primary N) is 1. The maximum atomic E-state index is 11.1. The normalized spacial score (nSPS) is 9.86. The second kappa shape index (κ2) is 4.19. The van der Waals surface area contributed by atoms with Crippen LogP contribution in [0.3, 0.4) is 0 Å². The number of hydrogen-bond acceptors (Lipinski definition) is 4. The zero-order valence-electron chi connectivity index (χ0n) is 7.96. The standard InChI is InChI=1S/C8H11N3O2S/c1-3-5-6(7(9)13)8(14-11-5)10-4(2)12/h3H2,1-2H3,(H2,9,13)(H,10,12). The number of nitrogens with one attached hydrogen (secondary N) is 1. The molecule has 0 atom stereocenters. The van der Waals surface area contributed by atoms with Crippen molar-refractivity contribution in [3.63, 3.8) is 0 Å². The van der Waals surface area contributed by atoms with Gasteiger partial charge in [-0.15, -0.1) is 0 Å². The molecule has 1 aromatic rings. The van der Waals surface area contributed by atoms with Crippen molar-refractivity contribution in [3.8, 4) is 0 Å². The molecule has 0 spiro atoms. The number of nitrogens with zero attached hydrogens (tertiary/aromatic N) is 1. The number of carbonyl (C=O) groups is 2. The Morgan fingerprint density at radius 2 is 2.21 bits per heavy atom. The van der Waals surface area contributed by atoms with Crippen LogP contribution in [0.25, 0.3) is 0 Å². The average molecular weight is 213 g/mol. The first-order valence-electron chi connectivity index (χ1n) is 4.12. The number of primary amides is 1. The van der Waals surface area contributed by atoms with Gasteiger partial charge in [0.25, 0.3) is 5.91 Å². The summed E-state index contributed by atoms with van der Waals surface area (Å²) in [6, 6.07) is 0. The Morgan fingerprint density at radius 3 is 2.64 bits per heavy atom. The Labute approximate surface area is 85.5 Å². The van der Waals surface area contributed by atoms with E-state index in [1.807, 2.05) is 6.92 Å². The lowest BCUT2D eigenvalue weighted by atomic mass is 10.2. The molecule has 2 amide bonds. The van der Waals surface area contributed by atoms with E-state index in [2.05, 4.69) is 9.69 Å². The molecule has 0 bridgehead atoms. The Hall–Kier alpha value is -1.43. The monoisotopic (exact) mass is 213 g/mol. The summed E-state index contributed by atoms with van der Waals surface area (Å²) in [6.45, 7) is 3.25. The summed E-state index contributed by atoms with van der Waals surface area (Å²) in [5, 5.41) is 2.96. The zero-order valence-corrected chi connectivity index (χ0v) is 8.77. The van der Waals surface area contributed by atoms with E-state index in [4.69, 9.17) is 5.73 Å². The first kappa shape index (κ1) is 10.6. The number of aromatic nitrogens is 1. The van der Waals surface area contributed by atoms with Gasteiger partial charge in [0, 0.05) is 6.92 Å². The van der Waals surface area contributed by atoms with E-state index in [1.165, 1.54) is 6.92 Å². The summed E-state index contributed by atoms with van der Waals surface area (Å²) in [5.74, 6) is -0.793. The molecule has 0 radical (unpaired) electrons. The van der Waals surface area contributed by atoms with Gasteiger partial charge < -0.3 is 11.1 Å². The van der Waals surface area contributed by atoms with Crippen LogP contribution in [0.4, 0.5) is 5.00 Å². The zero-order chi connectivity index (χ0) is 10.7. The van der Waals surface area contributed by atoms with Crippen molar-refractivity contribution >= 4 is 28.3 Å². The number of rotatable bonds is 3. The predicted molar refractivity (Wildman–Crippen MR) is 54.3 cm³/mol. The van der Waals surface area contributed by atoms with E-state index >= 15 is 0 Å². The van der Waals surface area contributed by atoms with E-state index in [1.54, 1.807) is 0 Å². The van der Waals surface area contributed by atoms with E-state index < -0.39 is 5.91 Å². The fourth-order valence-electron chi connectivity index (χ4n) is 1.06. The van der Waals surface area contributed by atoms with Crippen LogP contribution in [0.5, 0.6) is 0 Å². The van der Waals surface area contributed by atoms with E-state index in [0.717, 1.165) is 11.5 Å². The van der Waals surface area contributed by atoms with Gasteiger partial charge in [0.2, 0.25) is 5.91 Å². The summed E-state index contributed by atoms with van der Waals surface area (Å²) in [6.07, 6.45) is 0.619. The fraction of sp³-hybridized carbons (Fsp3) is 0.375. The highest BCUT2D eigenvalue weighted by Crippen LogP contribution is 2.24. The molecule has 0 aliphatic heterocycles. The van der Waals surface area contributed by atoms with Crippen LogP contribution in [-0.4, -0.2) is 16.2 Å². The molecule has 14 heavy (non-hydrogen) atoms. The SMILES string of the molecule is CCc1nsc(NC(C)=O)c1C(N)=O. The second-order valence-corrected chi connectivity index (χ2v) is 3.51. The highest BCUT2D eigenvalue weighted by Gasteiger charge is 2.17. The van der Waals surface area contributed by atoms with Crippen LogP contribution in [-0.2, 0) is 11.2 Å². The van der Waals surface area contributed by atoms with Gasteiger partial charge in [-0.3, -0.25) is 9.59 Å². The highest BCUT2D eigenvalue weighted by atomic mass is 32.1. The van der Waals surface area contributed by atoms with Crippen molar-refractivity contribution in [1.29, 1.82) is 0 Å². The van der Waals surface area contributed by atoms with Gasteiger partial charge in [-0.2, -0.15) is 4.37 Å². The van der Waals surface area contributed by atoms with E-state index in [9.17, 15) is 9.59 Å². The lowest BCUT2D eigenvalue weighted by Gasteiger charge is -2.00. The molecule has 76 valence electrons. The average Bonchev–Trinajstić information content (AvgIpc) is 2.46. The lowest BCUT2D eigenvalue weighted by molar-refractivity contribution is -0.114. The second-order valence-electron chi connectivity index (χ2n) is 2.73. The Morgan fingerprint density at radius 1 is 1.57 bits per heavy atom. The minimum Gasteiger partial charge on any atom is -0.365 e. The quantitative estimate of drug-likeness (QED) is 0.777. The molecule has 5 nitrogen and oxygen atoms in total. The summed E-state index contributed by atoms with van der Waals surface area (Å²) in [7, 11) is 0. The largest absolute Gasteiger partial charge is 0.365 e. The first-order chi connectivity index (χ1) is 6.56. The molecule has 6 heteroatoms. The Kier molecular flexibility index (Phi) is 3.19. The van der Waals surface area contributed by atoms with Gasteiger partial charge in [0.15, 0.2) is 0 Å². The van der Waals surface area contributed by atoms with Crippen LogP contribution in [0.15, 0.2) is 0 Å². The Balaban J connectivity index is 3.10. The van der Waals surface area contributed by atoms with Gasteiger partial charge in [0.1, 0.15) is 5.00 Å². The molecule has 0 saturated heterocycles. The summed E-state index contributed by atoms with van der Waals surface area (Å²) in [4.78, 5) is 21.9. The maximum absolute atomic E-state index is 11.1. The van der Waals surface area contributed by atoms with Gasteiger partial charge in [-0.25, -0.2) is 0 Å². The maximum Gasteiger partial charge on any atom is 0.253 e. The van der Waals surface area contributed by atoms with Gasteiger partial charge in [0.05, 0.1) is 11.3 Å². The molecule has 0 fully saturated rings. The predicted octanol–water partition coefficient (Wildman–Crippen LogP) is 0.763. The molecular weight excluding hydrogens is 202 g/mol. The summed E-state index contributed by atoms with van der Waals surface area (Å²) in [5.41, 5.74) is 6.14. The van der Waals surface area contributed by atoms with E-state index in [-0.39, 0.29) is 5.91 Å². The first-order valence-corrected chi connectivity index (χ1v) is 4.89. The molecule has 1 aromatic heterocycles. The number of hydrogen-bond donors (Lipinski definition) is 2. The molecule has 0 aromatic carbocycles. The van der Waals surface area contributed by atoms with Crippen molar-refractivity contribution in [1.82, 2.24) is 4.37 Å². The number of aryl methyl sites for hydroxylation is 1. The molecule has 1 heterocycles. The number of carbonyl (C=O) groups excluding carboxylic acids is 2. The van der Waals surface area contributed by atoms with Crippen LogP contribution in [0.1, 0.15) is 29.9 Å². The van der Waals surface area contributed by atoms with Crippen LogP contribution in [0.2, 0.25) is 0 Å². The van der Waals surface area contributed by atoms with Crippen LogP contribution < -0.4 is 11.1 Å². The minimum absolute atomic E-state index is 0.237. The molecule has 0 saturated carbocycles. The third-order valence-electron chi connectivity index (χ3n) is 1.63. The fourth-order valence-corrected chi connectivity index (χ4v) is 1.98. The van der Waals surface area contributed by atoms with Crippen molar-refractivity contribution in [2.45, 2.75) is 20.3 Å². The topological polar surface area (TPSA) is 85.1 Å². The molecular formula is C8H11N3O2S. The summed E-state index contributed by atoms with van der Waals surface area (Å²) < 4.78 is 4.04. The Bertz CT molecular complexity index is 373. The van der Waals surface area contributed by atoms with Gasteiger partial charge >= 0.3 is 0 Å². The molecule has 3 N–H and O–H groups in total.